The number of H-pyrrole nitrogens is 1. The van der Waals surface area contributed by atoms with Crippen molar-refractivity contribution >= 4 is 0 Å². The van der Waals surface area contributed by atoms with Gasteiger partial charge in [0.15, 0.2) is 5.82 Å². The minimum atomic E-state index is -0.0495. The monoisotopic (exact) mass is 235 g/mol. The first-order chi connectivity index (χ1) is 8.15. The zero-order valence-corrected chi connectivity index (χ0v) is 9.25. The van der Waals surface area contributed by atoms with Crippen LogP contribution in [0.4, 0.5) is 0 Å². The van der Waals surface area contributed by atoms with Gasteiger partial charge in [0.25, 0.3) is 0 Å². The number of phenolic OH excluding ortho intramolecular Hbond substituents is 2. The zero-order valence-electron chi connectivity index (χ0n) is 9.25. The lowest BCUT2D eigenvalue weighted by molar-refractivity contribution is 0.445. The predicted molar refractivity (Wildman–Crippen MR) is 59.2 cm³/mol. The first-order valence-corrected chi connectivity index (χ1v) is 5.14. The Morgan fingerprint density at radius 2 is 2.00 bits per heavy atom. The molecule has 0 aliphatic rings. The maximum Gasteiger partial charge on any atom is 0.188 e. The summed E-state index contributed by atoms with van der Waals surface area (Å²) < 4.78 is 0. The van der Waals surface area contributed by atoms with Gasteiger partial charge in [0.2, 0.25) is 0 Å². The standard InChI is InChI=1S/C10H13N5O2/c1-6(11-5-10-12-14-15-13-10)7-2-8(16)4-9(17)3-7/h2-4,6,11,16-17H,5H2,1H3,(H,12,13,14,15). The Bertz CT molecular complexity index is 465. The van der Waals surface area contributed by atoms with Crippen molar-refractivity contribution in [2.75, 3.05) is 0 Å². The molecular formula is C10H13N5O2. The van der Waals surface area contributed by atoms with Crippen molar-refractivity contribution in [2.24, 2.45) is 0 Å². The molecule has 7 nitrogen and oxygen atoms in total. The second-order valence-electron chi connectivity index (χ2n) is 3.71. The van der Waals surface area contributed by atoms with Crippen LogP contribution in [0.1, 0.15) is 24.4 Å². The van der Waals surface area contributed by atoms with Crippen molar-refractivity contribution in [3.8, 4) is 11.5 Å². The van der Waals surface area contributed by atoms with E-state index in [9.17, 15) is 10.2 Å². The Balaban J connectivity index is 2.01. The van der Waals surface area contributed by atoms with Crippen LogP contribution in [0.3, 0.4) is 0 Å². The number of hydrogen-bond acceptors (Lipinski definition) is 6. The maximum atomic E-state index is 9.37. The molecule has 1 aromatic heterocycles. The van der Waals surface area contributed by atoms with Gasteiger partial charge in [0.05, 0.1) is 6.54 Å². The average molecular weight is 235 g/mol. The summed E-state index contributed by atoms with van der Waals surface area (Å²) in [6.07, 6.45) is 0. The number of benzene rings is 1. The number of nitrogens with zero attached hydrogens (tertiary/aromatic N) is 3. The van der Waals surface area contributed by atoms with Crippen LogP contribution in [0.15, 0.2) is 18.2 Å². The molecule has 1 unspecified atom stereocenters. The fourth-order valence-corrected chi connectivity index (χ4v) is 1.49. The number of aromatic hydroxyl groups is 2. The summed E-state index contributed by atoms with van der Waals surface area (Å²) in [5.41, 5.74) is 0.783. The fourth-order valence-electron chi connectivity index (χ4n) is 1.49. The molecule has 2 rings (SSSR count). The van der Waals surface area contributed by atoms with Crippen LogP contribution in [0.5, 0.6) is 11.5 Å². The number of nitrogens with one attached hydrogen (secondary N) is 2. The van der Waals surface area contributed by atoms with Gasteiger partial charge in [0.1, 0.15) is 11.5 Å². The van der Waals surface area contributed by atoms with Gasteiger partial charge in [-0.3, -0.25) is 0 Å². The zero-order chi connectivity index (χ0) is 12.3. The number of aromatic nitrogens is 4. The van der Waals surface area contributed by atoms with E-state index in [0.29, 0.717) is 12.4 Å². The molecule has 0 amide bonds. The molecule has 2 aromatic rings. The van der Waals surface area contributed by atoms with Crippen LogP contribution >= 0.6 is 0 Å². The van der Waals surface area contributed by atoms with Crippen molar-refractivity contribution in [2.45, 2.75) is 19.5 Å². The molecule has 7 heteroatoms. The van der Waals surface area contributed by atoms with Crippen molar-refractivity contribution in [3.05, 3.63) is 29.6 Å². The Morgan fingerprint density at radius 3 is 2.59 bits per heavy atom. The molecular weight excluding hydrogens is 222 g/mol. The van der Waals surface area contributed by atoms with E-state index in [-0.39, 0.29) is 17.5 Å². The first-order valence-electron chi connectivity index (χ1n) is 5.14. The quantitative estimate of drug-likeness (QED) is 0.613. The average Bonchev–Trinajstić information content (AvgIpc) is 2.77. The van der Waals surface area contributed by atoms with Gasteiger partial charge in [-0.1, -0.05) is 5.21 Å². The molecule has 1 aromatic carbocycles. The Kier molecular flexibility index (Phi) is 3.20. The van der Waals surface area contributed by atoms with E-state index in [1.807, 2.05) is 6.92 Å². The smallest absolute Gasteiger partial charge is 0.188 e. The molecule has 0 saturated heterocycles. The van der Waals surface area contributed by atoms with Gasteiger partial charge in [-0.15, -0.1) is 10.2 Å². The maximum absolute atomic E-state index is 9.37. The summed E-state index contributed by atoms with van der Waals surface area (Å²) in [5, 5.41) is 35.3. The van der Waals surface area contributed by atoms with Gasteiger partial charge in [-0.25, -0.2) is 0 Å². The van der Waals surface area contributed by atoms with Gasteiger partial charge in [-0.2, -0.15) is 5.21 Å². The van der Waals surface area contributed by atoms with Crippen LogP contribution < -0.4 is 5.32 Å². The lowest BCUT2D eigenvalue weighted by Crippen LogP contribution is -2.18. The molecule has 90 valence electrons. The van der Waals surface area contributed by atoms with Crippen molar-refractivity contribution < 1.29 is 10.2 Å². The minimum absolute atomic E-state index is 0.0354. The first kappa shape index (κ1) is 11.3. The molecule has 17 heavy (non-hydrogen) atoms. The van der Waals surface area contributed by atoms with Crippen LogP contribution in [-0.4, -0.2) is 30.8 Å². The molecule has 1 heterocycles. The second-order valence-corrected chi connectivity index (χ2v) is 3.71. The molecule has 0 bridgehead atoms. The third kappa shape index (κ3) is 2.91. The number of phenols is 2. The van der Waals surface area contributed by atoms with Crippen molar-refractivity contribution in [1.82, 2.24) is 25.9 Å². The SMILES string of the molecule is CC(NCc1nn[nH]n1)c1cc(O)cc(O)c1. The Labute approximate surface area is 97.5 Å². The summed E-state index contributed by atoms with van der Waals surface area (Å²) in [6, 6.07) is 4.42. The highest BCUT2D eigenvalue weighted by molar-refractivity contribution is 5.37. The van der Waals surface area contributed by atoms with Crippen LogP contribution in [0.2, 0.25) is 0 Å². The van der Waals surface area contributed by atoms with Gasteiger partial charge < -0.3 is 15.5 Å². The summed E-state index contributed by atoms with van der Waals surface area (Å²) in [6.45, 7) is 2.36. The molecule has 0 spiro atoms. The highest BCUT2D eigenvalue weighted by Crippen LogP contribution is 2.24. The van der Waals surface area contributed by atoms with Crippen LogP contribution in [0.25, 0.3) is 0 Å². The molecule has 1 atom stereocenters. The molecule has 0 saturated carbocycles. The lowest BCUT2D eigenvalue weighted by Gasteiger charge is -2.13. The number of tetrazole rings is 1. The van der Waals surface area contributed by atoms with Gasteiger partial charge in [-0.05, 0) is 24.6 Å². The fraction of sp³-hybridized carbons (Fsp3) is 0.300. The van der Waals surface area contributed by atoms with E-state index in [4.69, 9.17) is 0 Å². The molecule has 0 aliphatic carbocycles. The number of hydrogen-bond donors (Lipinski definition) is 4. The summed E-state index contributed by atoms with van der Waals surface area (Å²) in [5.74, 6) is 0.627. The van der Waals surface area contributed by atoms with E-state index in [1.165, 1.54) is 6.07 Å². The molecule has 0 fully saturated rings. The van der Waals surface area contributed by atoms with Gasteiger partial charge >= 0.3 is 0 Å². The normalized spacial score (nSPS) is 12.5. The number of rotatable bonds is 4. The lowest BCUT2D eigenvalue weighted by atomic mass is 10.1. The highest BCUT2D eigenvalue weighted by Gasteiger charge is 2.08. The third-order valence-corrected chi connectivity index (χ3v) is 2.38. The van der Waals surface area contributed by atoms with E-state index < -0.39 is 0 Å². The topological polar surface area (TPSA) is 107 Å². The van der Waals surface area contributed by atoms with E-state index in [2.05, 4.69) is 25.9 Å². The molecule has 0 radical (unpaired) electrons. The van der Waals surface area contributed by atoms with E-state index in [1.54, 1.807) is 12.1 Å². The van der Waals surface area contributed by atoms with Crippen LogP contribution in [0, 0.1) is 0 Å². The Morgan fingerprint density at radius 1 is 1.29 bits per heavy atom. The van der Waals surface area contributed by atoms with Crippen molar-refractivity contribution in [1.29, 1.82) is 0 Å². The summed E-state index contributed by atoms with van der Waals surface area (Å²) >= 11 is 0. The second kappa shape index (κ2) is 4.79. The van der Waals surface area contributed by atoms with Crippen LogP contribution in [-0.2, 0) is 6.54 Å². The third-order valence-electron chi connectivity index (χ3n) is 2.38. The summed E-state index contributed by atoms with van der Waals surface area (Å²) in [4.78, 5) is 0. The molecule has 4 N–H and O–H groups in total. The highest BCUT2D eigenvalue weighted by atomic mass is 16.3. The van der Waals surface area contributed by atoms with E-state index >= 15 is 0 Å². The minimum Gasteiger partial charge on any atom is -0.508 e. The largest absolute Gasteiger partial charge is 0.508 e. The summed E-state index contributed by atoms with van der Waals surface area (Å²) in [7, 11) is 0. The van der Waals surface area contributed by atoms with Gasteiger partial charge in [0, 0.05) is 12.1 Å². The van der Waals surface area contributed by atoms with Crippen molar-refractivity contribution in [3.63, 3.8) is 0 Å². The Hall–Kier alpha value is -2.15. The predicted octanol–water partition coefficient (Wildman–Crippen LogP) is 0.462. The number of aromatic amines is 1. The van der Waals surface area contributed by atoms with E-state index in [0.717, 1.165) is 5.56 Å². The molecule has 0 aliphatic heterocycles.